The Bertz CT molecular complexity index is 534. The maximum Gasteiger partial charge on any atom is 0.221 e. The number of amides is 1. The van der Waals surface area contributed by atoms with Crippen molar-refractivity contribution >= 4 is 23.4 Å². The molecule has 0 radical (unpaired) electrons. The summed E-state index contributed by atoms with van der Waals surface area (Å²) in [6.07, 6.45) is 1.56. The highest BCUT2D eigenvalue weighted by atomic mass is 32.2. The summed E-state index contributed by atoms with van der Waals surface area (Å²) in [6.45, 7) is 2.80. The first-order chi connectivity index (χ1) is 11.3. The van der Waals surface area contributed by atoms with Crippen molar-refractivity contribution in [2.45, 2.75) is 24.9 Å². The van der Waals surface area contributed by atoms with Gasteiger partial charge in [0, 0.05) is 49.6 Å². The van der Waals surface area contributed by atoms with Crippen molar-refractivity contribution in [1.82, 2.24) is 10.6 Å². The second-order valence-corrected chi connectivity index (χ2v) is 7.25. The number of hydrogen-bond donors (Lipinski definition) is 2. The summed E-state index contributed by atoms with van der Waals surface area (Å²) in [5.41, 5.74) is 1.11. The molecule has 1 aromatic carbocycles. The third-order valence-corrected chi connectivity index (χ3v) is 5.54. The number of methoxy groups -OCH3 is 1. The van der Waals surface area contributed by atoms with Crippen LogP contribution in [0.1, 0.15) is 12.8 Å². The van der Waals surface area contributed by atoms with Crippen LogP contribution in [-0.2, 0) is 4.79 Å². The molecule has 2 heterocycles. The minimum atomic E-state index is 0.164. The summed E-state index contributed by atoms with van der Waals surface area (Å²) in [5, 5.41) is 6.61. The summed E-state index contributed by atoms with van der Waals surface area (Å²) in [6, 6.07) is 8.60. The van der Waals surface area contributed by atoms with Gasteiger partial charge in [-0.3, -0.25) is 4.79 Å². The zero-order valence-electron chi connectivity index (χ0n) is 13.6. The molecule has 0 spiro atoms. The van der Waals surface area contributed by atoms with Crippen molar-refractivity contribution in [1.29, 1.82) is 0 Å². The molecule has 23 heavy (non-hydrogen) atoms. The minimum Gasteiger partial charge on any atom is -0.495 e. The smallest absolute Gasteiger partial charge is 0.221 e. The number of nitrogens with one attached hydrogen (secondary N) is 2. The molecule has 1 aromatic rings. The highest BCUT2D eigenvalue weighted by Crippen LogP contribution is 2.30. The van der Waals surface area contributed by atoms with E-state index in [9.17, 15) is 4.79 Å². The molecule has 0 bridgehead atoms. The fraction of sp³-hybridized carbons (Fsp3) is 0.588. The molecule has 2 atom stereocenters. The number of nitrogens with zero attached hydrogens (tertiary/aromatic N) is 1. The lowest BCUT2D eigenvalue weighted by Gasteiger charge is -2.24. The van der Waals surface area contributed by atoms with Gasteiger partial charge in [0.15, 0.2) is 0 Å². The summed E-state index contributed by atoms with van der Waals surface area (Å²) < 4.78 is 5.43. The average Bonchev–Trinajstić information content (AvgIpc) is 3.03. The number of anilines is 1. The SMILES string of the molecule is COc1ccccc1N1CCC(NC(=O)CC2CSCCN2)C1. The molecule has 0 saturated carbocycles. The highest BCUT2D eigenvalue weighted by Gasteiger charge is 2.26. The van der Waals surface area contributed by atoms with Gasteiger partial charge in [-0.1, -0.05) is 12.1 Å². The van der Waals surface area contributed by atoms with Crippen LogP contribution in [-0.4, -0.2) is 56.2 Å². The molecule has 2 unspecified atom stereocenters. The Balaban J connectivity index is 1.50. The Labute approximate surface area is 142 Å². The van der Waals surface area contributed by atoms with E-state index >= 15 is 0 Å². The lowest BCUT2D eigenvalue weighted by molar-refractivity contribution is -0.122. The molecule has 5 nitrogen and oxygen atoms in total. The van der Waals surface area contributed by atoms with Crippen molar-refractivity contribution in [2.24, 2.45) is 0 Å². The summed E-state index contributed by atoms with van der Waals surface area (Å²) >= 11 is 1.92. The van der Waals surface area contributed by atoms with E-state index in [1.54, 1.807) is 7.11 Å². The Morgan fingerprint density at radius 1 is 1.48 bits per heavy atom. The van der Waals surface area contributed by atoms with Crippen molar-refractivity contribution in [3.05, 3.63) is 24.3 Å². The van der Waals surface area contributed by atoms with E-state index in [1.165, 1.54) is 0 Å². The highest BCUT2D eigenvalue weighted by molar-refractivity contribution is 7.99. The van der Waals surface area contributed by atoms with Crippen molar-refractivity contribution in [3.63, 3.8) is 0 Å². The fourth-order valence-corrected chi connectivity index (χ4v) is 4.20. The lowest BCUT2D eigenvalue weighted by Crippen LogP contribution is -2.44. The van der Waals surface area contributed by atoms with Crippen molar-refractivity contribution in [3.8, 4) is 5.75 Å². The fourth-order valence-electron chi connectivity index (χ4n) is 3.25. The van der Waals surface area contributed by atoms with Crippen LogP contribution in [0, 0.1) is 0 Å². The first-order valence-corrected chi connectivity index (χ1v) is 9.40. The van der Waals surface area contributed by atoms with E-state index < -0.39 is 0 Å². The first-order valence-electron chi connectivity index (χ1n) is 8.24. The predicted molar refractivity (Wildman–Crippen MR) is 95.5 cm³/mol. The molecule has 1 amide bonds. The van der Waals surface area contributed by atoms with E-state index in [0.717, 1.165) is 49.0 Å². The predicted octanol–water partition coefficient (Wildman–Crippen LogP) is 1.49. The maximum atomic E-state index is 12.2. The Morgan fingerprint density at radius 2 is 2.35 bits per heavy atom. The first kappa shape index (κ1) is 16.5. The molecule has 2 N–H and O–H groups in total. The zero-order valence-corrected chi connectivity index (χ0v) is 14.4. The van der Waals surface area contributed by atoms with E-state index in [0.29, 0.717) is 12.5 Å². The second-order valence-electron chi connectivity index (χ2n) is 6.10. The largest absolute Gasteiger partial charge is 0.495 e. The van der Waals surface area contributed by atoms with Gasteiger partial charge in [-0.05, 0) is 18.6 Å². The quantitative estimate of drug-likeness (QED) is 0.854. The molecule has 6 heteroatoms. The van der Waals surface area contributed by atoms with Crippen LogP contribution in [0.2, 0.25) is 0 Å². The molecule has 2 saturated heterocycles. The Kier molecular flexibility index (Phi) is 5.67. The standard InChI is InChI=1S/C17H25N3O2S/c1-22-16-5-3-2-4-15(16)20-8-6-13(11-20)19-17(21)10-14-12-23-9-7-18-14/h2-5,13-14,18H,6-12H2,1H3,(H,19,21). The summed E-state index contributed by atoms with van der Waals surface area (Å²) in [4.78, 5) is 14.5. The Morgan fingerprint density at radius 3 is 3.13 bits per heavy atom. The number of para-hydroxylation sites is 2. The van der Waals surface area contributed by atoms with Crippen LogP contribution in [0.5, 0.6) is 5.75 Å². The molecule has 0 aliphatic carbocycles. The number of rotatable bonds is 5. The van der Waals surface area contributed by atoms with Gasteiger partial charge in [0.05, 0.1) is 12.8 Å². The Hall–Kier alpha value is -1.40. The molecule has 2 fully saturated rings. The number of thioether (sulfide) groups is 1. The van der Waals surface area contributed by atoms with Crippen molar-refractivity contribution < 1.29 is 9.53 Å². The number of carbonyl (C=O) groups excluding carboxylic acids is 1. The van der Waals surface area contributed by atoms with Gasteiger partial charge in [-0.2, -0.15) is 11.8 Å². The van der Waals surface area contributed by atoms with E-state index in [-0.39, 0.29) is 11.9 Å². The van der Waals surface area contributed by atoms with Gasteiger partial charge in [0.25, 0.3) is 0 Å². The maximum absolute atomic E-state index is 12.2. The van der Waals surface area contributed by atoms with Crippen LogP contribution in [0.25, 0.3) is 0 Å². The third-order valence-electron chi connectivity index (χ3n) is 4.41. The summed E-state index contributed by atoms with van der Waals surface area (Å²) in [7, 11) is 1.70. The average molecular weight is 335 g/mol. The second kappa shape index (κ2) is 7.93. The normalized spacial score (nSPS) is 24.5. The van der Waals surface area contributed by atoms with E-state index in [2.05, 4.69) is 21.6 Å². The third kappa shape index (κ3) is 4.32. The van der Waals surface area contributed by atoms with Crippen LogP contribution in [0.15, 0.2) is 24.3 Å². The summed E-state index contributed by atoms with van der Waals surface area (Å²) in [5.74, 6) is 3.24. The van der Waals surface area contributed by atoms with Gasteiger partial charge >= 0.3 is 0 Å². The van der Waals surface area contributed by atoms with Gasteiger partial charge in [0.2, 0.25) is 5.91 Å². The lowest BCUT2D eigenvalue weighted by atomic mass is 10.2. The zero-order chi connectivity index (χ0) is 16.1. The van der Waals surface area contributed by atoms with Gasteiger partial charge in [-0.25, -0.2) is 0 Å². The van der Waals surface area contributed by atoms with Crippen LogP contribution < -0.4 is 20.3 Å². The van der Waals surface area contributed by atoms with E-state index in [4.69, 9.17) is 4.74 Å². The van der Waals surface area contributed by atoms with Gasteiger partial charge in [-0.15, -0.1) is 0 Å². The van der Waals surface area contributed by atoms with Crippen LogP contribution in [0.3, 0.4) is 0 Å². The molecule has 2 aliphatic heterocycles. The molecule has 0 aromatic heterocycles. The molecular weight excluding hydrogens is 310 g/mol. The number of hydrogen-bond acceptors (Lipinski definition) is 5. The van der Waals surface area contributed by atoms with E-state index in [1.807, 2.05) is 30.0 Å². The van der Waals surface area contributed by atoms with Crippen molar-refractivity contribution in [2.75, 3.05) is 43.1 Å². The minimum absolute atomic E-state index is 0.164. The molecule has 126 valence electrons. The van der Waals surface area contributed by atoms with Gasteiger partial charge in [0.1, 0.15) is 5.75 Å². The molecular formula is C17H25N3O2S. The van der Waals surface area contributed by atoms with Crippen LogP contribution in [0.4, 0.5) is 5.69 Å². The topological polar surface area (TPSA) is 53.6 Å². The number of ether oxygens (including phenoxy) is 1. The molecule has 2 aliphatic rings. The monoisotopic (exact) mass is 335 g/mol. The number of carbonyl (C=O) groups is 1. The van der Waals surface area contributed by atoms with Gasteiger partial charge < -0.3 is 20.3 Å². The number of benzene rings is 1. The van der Waals surface area contributed by atoms with Crippen LogP contribution >= 0.6 is 11.8 Å². The molecule has 3 rings (SSSR count).